The van der Waals surface area contributed by atoms with Crippen LogP contribution in [0.2, 0.25) is 0 Å². The Kier molecular flexibility index (Phi) is 5.29. The molecular formula is C15H20BrNO3. The first-order chi connectivity index (χ1) is 9.69. The van der Waals surface area contributed by atoms with Gasteiger partial charge >= 0.3 is 0 Å². The van der Waals surface area contributed by atoms with Crippen molar-refractivity contribution in [2.24, 2.45) is 5.92 Å². The van der Waals surface area contributed by atoms with Gasteiger partial charge in [-0.25, -0.2) is 0 Å². The number of amides is 1. The summed E-state index contributed by atoms with van der Waals surface area (Å²) in [6.07, 6.45) is 2.25. The number of hydrogen-bond acceptors (Lipinski definition) is 3. The van der Waals surface area contributed by atoms with Gasteiger partial charge in [0.25, 0.3) is 5.91 Å². The second-order valence-electron chi connectivity index (χ2n) is 4.98. The molecule has 0 spiro atoms. The number of carbonyl (C=O) groups is 1. The average Bonchev–Trinajstić information content (AvgIpc) is 2.53. The molecule has 1 fully saturated rings. The SMILES string of the molecule is COc1ccc(C(=O)N2CCCC(CBr)C2)cc1OC. The Morgan fingerprint density at radius 2 is 2.10 bits per heavy atom. The molecule has 5 heteroatoms. The lowest BCUT2D eigenvalue weighted by molar-refractivity contribution is 0.0685. The third-order valence-electron chi connectivity index (χ3n) is 3.65. The van der Waals surface area contributed by atoms with E-state index in [2.05, 4.69) is 15.9 Å². The normalized spacial score (nSPS) is 18.8. The molecule has 1 amide bonds. The quantitative estimate of drug-likeness (QED) is 0.790. The third-order valence-corrected chi connectivity index (χ3v) is 4.57. The second-order valence-corrected chi connectivity index (χ2v) is 5.63. The average molecular weight is 342 g/mol. The van der Waals surface area contributed by atoms with Crippen LogP contribution in [0.25, 0.3) is 0 Å². The highest BCUT2D eigenvalue weighted by Crippen LogP contribution is 2.29. The molecule has 0 radical (unpaired) electrons. The predicted octanol–water partition coefficient (Wildman–Crippen LogP) is 2.95. The predicted molar refractivity (Wildman–Crippen MR) is 82.0 cm³/mol. The van der Waals surface area contributed by atoms with Gasteiger partial charge in [-0.2, -0.15) is 0 Å². The fraction of sp³-hybridized carbons (Fsp3) is 0.533. The molecule has 0 aliphatic carbocycles. The lowest BCUT2D eigenvalue weighted by Gasteiger charge is -2.32. The van der Waals surface area contributed by atoms with Gasteiger partial charge < -0.3 is 14.4 Å². The molecule has 1 aliphatic rings. The summed E-state index contributed by atoms with van der Waals surface area (Å²) in [6, 6.07) is 5.32. The lowest BCUT2D eigenvalue weighted by Crippen LogP contribution is -2.40. The van der Waals surface area contributed by atoms with Gasteiger partial charge in [-0.15, -0.1) is 0 Å². The summed E-state index contributed by atoms with van der Waals surface area (Å²) in [5, 5.41) is 0.947. The van der Waals surface area contributed by atoms with Gasteiger partial charge in [-0.1, -0.05) is 15.9 Å². The van der Waals surface area contributed by atoms with E-state index in [0.29, 0.717) is 23.0 Å². The maximum absolute atomic E-state index is 12.5. The molecule has 1 unspecified atom stereocenters. The van der Waals surface area contributed by atoms with Gasteiger partial charge in [-0.05, 0) is 37.0 Å². The molecule has 20 heavy (non-hydrogen) atoms. The van der Waals surface area contributed by atoms with E-state index in [1.165, 1.54) is 6.42 Å². The molecule has 0 N–H and O–H groups in total. The van der Waals surface area contributed by atoms with Crippen molar-refractivity contribution in [1.82, 2.24) is 4.90 Å². The Morgan fingerprint density at radius 3 is 2.75 bits per heavy atom. The van der Waals surface area contributed by atoms with Crippen molar-refractivity contribution in [3.63, 3.8) is 0 Å². The van der Waals surface area contributed by atoms with Crippen LogP contribution in [-0.4, -0.2) is 43.4 Å². The number of benzene rings is 1. The maximum atomic E-state index is 12.5. The first-order valence-corrected chi connectivity index (χ1v) is 7.89. The summed E-state index contributed by atoms with van der Waals surface area (Å²) in [7, 11) is 3.17. The number of piperidine rings is 1. The Labute approximate surface area is 128 Å². The number of ether oxygens (including phenoxy) is 2. The van der Waals surface area contributed by atoms with Crippen LogP contribution in [-0.2, 0) is 0 Å². The number of methoxy groups -OCH3 is 2. The summed E-state index contributed by atoms with van der Waals surface area (Å²) in [6.45, 7) is 1.65. The Balaban J connectivity index is 2.16. The van der Waals surface area contributed by atoms with E-state index >= 15 is 0 Å². The van der Waals surface area contributed by atoms with Crippen molar-refractivity contribution >= 4 is 21.8 Å². The number of carbonyl (C=O) groups excluding carboxylic acids is 1. The molecule has 1 heterocycles. The van der Waals surface area contributed by atoms with Crippen LogP contribution in [0.1, 0.15) is 23.2 Å². The second kappa shape index (κ2) is 6.97. The zero-order chi connectivity index (χ0) is 14.5. The van der Waals surface area contributed by atoms with Crippen LogP contribution in [0.5, 0.6) is 11.5 Å². The van der Waals surface area contributed by atoms with Crippen molar-refractivity contribution in [2.75, 3.05) is 32.6 Å². The highest BCUT2D eigenvalue weighted by molar-refractivity contribution is 9.09. The van der Waals surface area contributed by atoms with Crippen LogP contribution < -0.4 is 9.47 Å². The number of rotatable bonds is 4. The molecule has 110 valence electrons. The molecule has 1 aromatic carbocycles. The minimum absolute atomic E-state index is 0.0663. The molecule has 2 rings (SSSR count). The van der Waals surface area contributed by atoms with E-state index in [9.17, 15) is 4.79 Å². The molecule has 0 aromatic heterocycles. The molecular weight excluding hydrogens is 322 g/mol. The van der Waals surface area contributed by atoms with Crippen LogP contribution in [0.15, 0.2) is 18.2 Å². The van der Waals surface area contributed by atoms with E-state index in [4.69, 9.17) is 9.47 Å². The zero-order valence-electron chi connectivity index (χ0n) is 11.9. The standard InChI is InChI=1S/C15H20BrNO3/c1-19-13-6-5-12(8-14(13)20-2)15(18)17-7-3-4-11(9-16)10-17/h5-6,8,11H,3-4,7,9-10H2,1-2H3. The summed E-state index contributed by atoms with van der Waals surface area (Å²) in [5.74, 6) is 1.85. The third kappa shape index (κ3) is 3.26. The van der Waals surface area contributed by atoms with Crippen molar-refractivity contribution in [1.29, 1.82) is 0 Å². The van der Waals surface area contributed by atoms with Crippen LogP contribution in [0.3, 0.4) is 0 Å². The Bertz CT molecular complexity index is 478. The molecule has 1 aliphatic heterocycles. The van der Waals surface area contributed by atoms with Crippen LogP contribution >= 0.6 is 15.9 Å². The largest absolute Gasteiger partial charge is 0.493 e. The van der Waals surface area contributed by atoms with Gasteiger partial charge in [-0.3, -0.25) is 4.79 Å². The monoisotopic (exact) mass is 341 g/mol. The number of alkyl halides is 1. The van der Waals surface area contributed by atoms with E-state index in [1.54, 1.807) is 32.4 Å². The minimum atomic E-state index is 0.0663. The fourth-order valence-electron chi connectivity index (χ4n) is 2.53. The number of halogens is 1. The summed E-state index contributed by atoms with van der Waals surface area (Å²) >= 11 is 3.51. The fourth-order valence-corrected chi connectivity index (χ4v) is 3.06. The summed E-state index contributed by atoms with van der Waals surface area (Å²) in [4.78, 5) is 14.5. The van der Waals surface area contributed by atoms with Crippen molar-refractivity contribution in [3.05, 3.63) is 23.8 Å². The Morgan fingerprint density at radius 1 is 1.35 bits per heavy atom. The molecule has 4 nitrogen and oxygen atoms in total. The van der Waals surface area contributed by atoms with Crippen molar-refractivity contribution in [2.45, 2.75) is 12.8 Å². The van der Waals surface area contributed by atoms with Gasteiger partial charge in [0.15, 0.2) is 11.5 Å². The lowest BCUT2D eigenvalue weighted by atomic mass is 9.99. The minimum Gasteiger partial charge on any atom is -0.493 e. The highest BCUT2D eigenvalue weighted by Gasteiger charge is 2.24. The van der Waals surface area contributed by atoms with Gasteiger partial charge in [0, 0.05) is 24.0 Å². The van der Waals surface area contributed by atoms with Gasteiger partial charge in [0.1, 0.15) is 0 Å². The smallest absolute Gasteiger partial charge is 0.254 e. The zero-order valence-corrected chi connectivity index (χ0v) is 13.5. The molecule has 0 saturated carbocycles. The van der Waals surface area contributed by atoms with Crippen molar-refractivity contribution in [3.8, 4) is 11.5 Å². The van der Waals surface area contributed by atoms with Gasteiger partial charge in [0.2, 0.25) is 0 Å². The van der Waals surface area contributed by atoms with Crippen molar-refractivity contribution < 1.29 is 14.3 Å². The van der Waals surface area contributed by atoms with E-state index < -0.39 is 0 Å². The first kappa shape index (κ1) is 15.2. The Hall–Kier alpha value is -1.23. The number of nitrogens with zero attached hydrogens (tertiary/aromatic N) is 1. The van der Waals surface area contributed by atoms with Crippen LogP contribution in [0, 0.1) is 5.92 Å². The van der Waals surface area contributed by atoms with Gasteiger partial charge in [0.05, 0.1) is 14.2 Å². The molecule has 0 bridgehead atoms. The highest BCUT2D eigenvalue weighted by atomic mass is 79.9. The molecule has 1 aromatic rings. The number of hydrogen-bond donors (Lipinski definition) is 0. The molecule has 1 atom stereocenters. The summed E-state index contributed by atoms with van der Waals surface area (Å²) in [5.41, 5.74) is 0.651. The van der Waals surface area contributed by atoms with E-state index in [0.717, 1.165) is 24.8 Å². The summed E-state index contributed by atoms with van der Waals surface area (Å²) < 4.78 is 10.4. The van der Waals surface area contributed by atoms with E-state index in [1.807, 2.05) is 4.90 Å². The number of likely N-dealkylation sites (tertiary alicyclic amines) is 1. The van der Waals surface area contributed by atoms with E-state index in [-0.39, 0.29) is 5.91 Å². The maximum Gasteiger partial charge on any atom is 0.254 e. The topological polar surface area (TPSA) is 38.8 Å². The first-order valence-electron chi connectivity index (χ1n) is 6.76. The molecule has 1 saturated heterocycles. The van der Waals surface area contributed by atoms with Crippen LogP contribution in [0.4, 0.5) is 0 Å².